The van der Waals surface area contributed by atoms with Crippen LogP contribution in [0.15, 0.2) is 53.5 Å². The number of hydrogen-bond donors (Lipinski definition) is 1. The second kappa shape index (κ2) is 7.59. The van der Waals surface area contributed by atoms with Gasteiger partial charge in [0.25, 0.3) is 5.56 Å². The third-order valence-corrected chi connectivity index (χ3v) is 5.45. The van der Waals surface area contributed by atoms with E-state index in [9.17, 15) is 27.2 Å². The number of benzene rings is 2. The molecule has 0 radical (unpaired) electrons. The van der Waals surface area contributed by atoms with Gasteiger partial charge in [0.05, 0.1) is 12.0 Å². The fourth-order valence-corrected chi connectivity index (χ4v) is 3.59. The maximum Gasteiger partial charge on any atom is 0.416 e. The van der Waals surface area contributed by atoms with Crippen LogP contribution >= 0.6 is 0 Å². The van der Waals surface area contributed by atoms with E-state index in [0.29, 0.717) is 22.5 Å². The molecule has 0 unspecified atom stereocenters. The Balaban J connectivity index is 1.56. The summed E-state index contributed by atoms with van der Waals surface area (Å²) < 4.78 is 53.7. The van der Waals surface area contributed by atoms with Gasteiger partial charge in [0, 0.05) is 28.7 Å². The van der Waals surface area contributed by atoms with Gasteiger partial charge >= 0.3 is 6.18 Å². The van der Waals surface area contributed by atoms with Crippen molar-refractivity contribution in [2.24, 2.45) is 0 Å². The lowest BCUT2D eigenvalue weighted by Gasteiger charge is -2.27. The molecule has 4 rings (SSSR count). The second-order valence-corrected chi connectivity index (χ2v) is 7.41. The number of nitrogens with one attached hydrogen (secondary N) is 1. The van der Waals surface area contributed by atoms with Crippen molar-refractivity contribution < 1.29 is 22.4 Å². The molecule has 156 valence electrons. The molecule has 1 amide bonds. The fraction of sp³-hybridized carbons (Fsp3) is 0.273. The van der Waals surface area contributed by atoms with Crippen molar-refractivity contribution in [3.8, 4) is 0 Å². The first-order valence-corrected chi connectivity index (χ1v) is 9.53. The molecule has 1 aliphatic rings. The Morgan fingerprint density at radius 3 is 2.50 bits per heavy atom. The molecule has 4 nitrogen and oxygen atoms in total. The Morgan fingerprint density at radius 2 is 1.87 bits per heavy atom. The minimum atomic E-state index is -4.66. The predicted molar refractivity (Wildman–Crippen MR) is 105 cm³/mol. The summed E-state index contributed by atoms with van der Waals surface area (Å²) in [5.41, 5.74) is -1.00. The van der Waals surface area contributed by atoms with E-state index in [2.05, 4.69) is 5.32 Å². The Bertz CT molecular complexity index is 1180. The number of alkyl halides is 3. The lowest BCUT2D eigenvalue weighted by atomic mass is 9.92. The largest absolute Gasteiger partial charge is 0.416 e. The van der Waals surface area contributed by atoms with E-state index in [0.717, 1.165) is 31.4 Å². The number of fused-ring (bicyclic) bond motifs is 1. The van der Waals surface area contributed by atoms with Crippen LogP contribution in [0.3, 0.4) is 0 Å². The second-order valence-electron chi connectivity index (χ2n) is 7.41. The monoisotopic (exact) mass is 418 g/mol. The first-order chi connectivity index (χ1) is 14.2. The van der Waals surface area contributed by atoms with E-state index in [1.54, 1.807) is 35.0 Å². The van der Waals surface area contributed by atoms with Gasteiger partial charge < -0.3 is 9.88 Å². The number of carbonyl (C=O) groups excluding carboxylic acids is 1. The Hall–Kier alpha value is -3.16. The standard InChI is InChI=1S/C22H18F4N2O2/c23-18-12-14(22(24,25)26)8-7-13(18)11-20(29)27-19-6-2-5-17-16(19)9-10-28(21(17)30)15-3-1-4-15/h2,5-10,12,15H,1,3-4,11H2,(H,27,29). The third kappa shape index (κ3) is 3.81. The van der Waals surface area contributed by atoms with E-state index in [-0.39, 0.29) is 17.2 Å². The van der Waals surface area contributed by atoms with Gasteiger partial charge in [-0.25, -0.2) is 4.39 Å². The van der Waals surface area contributed by atoms with Crippen molar-refractivity contribution in [3.05, 3.63) is 76.0 Å². The Labute approximate surface area is 169 Å². The summed E-state index contributed by atoms with van der Waals surface area (Å²) in [4.78, 5) is 25.1. The Morgan fingerprint density at radius 1 is 1.10 bits per heavy atom. The normalized spacial score (nSPS) is 14.5. The minimum absolute atomic E-state index is 0.137. The Kier molecular flexibility index (Phi) is 5.09. The molecule has 1 fully saturated rings. The molecule has 0 bridgehead atoms. The van der Waals surface area contributed by atoms with E-state index in [1.165, 1.54) is 0 Å². The number of rotatable bonds is 4. The highest BCUT2D eigenvalue weighted by atomic mass is 19.4. The van der Waals surface area contributed by atoms with Crippen LogP contribution < -0.4 is 10.9 Å². The molecule has 30 heavy (non-hydrogen) atoms. The van der Waals surface area contributed by atoms with Gasteiger partial charge in [-0.1, -0.05) is 12.1 Å². The molecule has 1 saturated carbocycles. The minimum Gasteiger partial charge on any atom is -0.325 e. The number of nitrogens with zero attached hydrogens (tertiary/aromatic N) is 1. The lowest BCUT2D eigenvalue weighted by Crippen LogP contribution is -2.28. The van der Waals surface area contributed by atoms with Gasteiger partial charge in [-0.05, 0) is 55.2 Å². The van der Waals surface area contributed by atoms with Crippen molar-refractivity contribution in [1.82, 2.24) is 4.57 Å². The predicted octanol–water partition coefficient (Wildman–Crippen LogP) is 5.07. The number of aromatic nitrogens is 1. The molecular weight excluding hydrogens is 400 g/mol. The molecule has 1 aliphatic carbocycles. The van der Waals surface area contributed by atoms with Gasteiger partial charge in [-0.2, -0.15) is 13.2 Å². The highest BCUT2D eigenvalue weighted by Gasteiger charge is 2.31. The van der Waals surface area contributed by atoms with E-state index in [1.807, 2.05) is 0 Å². The van der Waals surface area contributed by atoms with E-state index in [4.69, 9.17) is 0 Å². The van der Waals surface area contributed by atoms with Crippen LogP contribution in [0.4, 0.5) is 23.2 Å². The van der Waals surface area contributed by atoms with Gasteiger partial charge in [0.15, 0.2) is 0 Å². The SMILES string of the molecule is O=C(Cc1ccc(C(F)(F)F)cc1F)Nc1cccc2c(=O)n(C3CCC3)ccc12. The van der Waals surface area contributed by atoms with Crippen molar-refractivity contribution >= 4 is 22.4 Å². The molecular formula is C22H18F4N2O2. The molecule has 1 aromatic heterocycles. The summed E-state index contributed by atoms with van der Waals surface area (Å²) in [6.07, 6.45) is -0.372. The zero-order valence-corrected chi connectivity index (χ0v) is 15.8. The van der Waals surface area contributed by atoms with Crippen LogP contribution in [-0.2, 0) is 17.4 Å². The summed E-state index contributed by atoms with van der Waals surface area (Å²) in [5.74, 6) is -1.69. The van der Waals surface area contributed by atoms with Crippen molar-refractivity contribution in [3.63, 3.8) is 0 Å². The van der Waals surface area contributed by atoms with Crippen molar-refractivity contribution in [2.75, 3.05) is 5.32 Å². The molecule has 0 aliphatic heterocycles. The topological polar surface area (TPSA) is 51.1 Å². The number of carbonyl (C=O) groups is 1. The highest BCUT2D eigenvalue weighted by molar-refractivity contribution is 6.02. The lowest BCUT2D eigenvalue weighted by molar-refractivity contribution is -0.137. The number of anilines is 1. The summed E-state index contributed by atoms with van der Waals surface area (Å²) >= 11 is 0. The smallest absolute Gasteiger partial charge is 0.325 e. The number of amides is 1. The maximum absolute atomic E-state index is 14.0. The quantitative estimate of drug-likeness (QED) is 0.602. The summed E-state index contributed by atoms with van der Waals surface area (Å²) in [5, 5.41) is 3.65. The number of pyridine rings is 1. The van der Waals surface area contributed by atoms with Crippen LogP contribution in [0.5, 0.6) is 0 Å². The maximum atomic E-state index is 14.0. The molecule has 1 N–H and O–H groups in total. The van der Waals surface area contributed by atoms with E-state index < -0.39 is 29.9 Å². The molecule has 0 spiro atoms. The first kappa shape index (κ1) is 20.1. The van der Waals surface area contributed by atoms with Crippen LogP contribution in [-0.4, -0.2) is 10.5 Å². The summed E-state index contributed by atoms with van der Waals surface area (Å²) in [6.45, 7) is 0. The van der Waals surface area contributed by atoms with Gasteiger partial charge in [0.2, 0.25) is 5.91 Å². The van der Waals surface area contributed by atoms with Crippen molar-refractivity contribution in [2.45, 2.75) is 37.9 Å². The van der Waals surface area contributed by atoms with Crippen LogP contribution in [0, 0.1) is 5.82 Å². The molecule has 3 aromatic rings. The number of halogens is 4. The van der Waals surface area contributed by atoms with E-state index >= 15 is 0 Å². The molecule has 0 saturated heterocycles. The molecule has 0 atom stereocenters. The van der Waals surface area contributed by atoms with Gasteiger partial charge in [-0.15, -0.1) is 0 Å². The number of hydrogen-bond acceptors (Lipinski definition) is 2. The molecule has 2 aromatic carbocycles. The van der Waals surface area contributed by atoms with Gasteiger partial charge in [-0.3, -0.25) is 9.59 Å². The van der Waals surface area contributed by atoms with Crippen molar-refractivity contribution in [1.29, 1.82) is 0 Å². The summed E-state index contributed by atoms with van der Waals surface area (Å²) in [7, 11) is 0. The van der Waals surface area contributed by atoms with Crippen LogP contribution in [0.25, 0.3) is 10.8 Å². The average molecular weight is 418 g/mol. The third-order valence-electron chi connectivity index (χ3n) is 5.45. The zero-order chi connectivity index (χ0) is 21.5. The highest BCUT2D eigenvalue weighted by Crippen LogP contribution is 2.32. The molecule has 8 heteroatoms. The van der Waals surface area contributed by atoms with Gasteiger partial charge in [0.1, 0.15) is 5.82 Å². The zero-order valence-electron chi connectivity index (χ0n) is 15.8. The van der Waals surface area contributed by atoms with Crippen LogP contribution in [0.2, 0.25) is 0 Å². The van der Waals surface area contributed by atoms with Crippen LogP contribution in [0.1, 0.15) is 36.4 Å². The fourth-order valence-electron chi connectivity index (χ4n) is 3.59. The first-order valence-electron chi connectivity index (χ1n) is 9.53. The molecule has 1 heterocycles. The summed E-state index contributed by atoms with van der Waals surface area (Å²) in [6, 6.07) is 8.97. The average Bonchev–Trinajstić information content (AvgIpc) is 2.64.